The van der Waals surface area contributed by atoms with E-state index in [0.29, 0.717) is 16.5 Å². The molecule has 1 amide bonds. The van der Waals surface area contributed by atoms with Gasteiger partial charge < -0.3 is 14.8 Å². The highest BCUT2D eigenvalue weighted by Gasteiger charge is 2.10. The number of hydrogen-bond acceptors (Lipinski definition) is 4. The first-order chi connectivity index (χ1) is 11.4. The fourth-order valence-electron chi connectivity index (χ4n) is 1.81. The number of esters is 1. The molecule has 1 N–H and O–H groups in total. The number of ether oxygens (including phenoxy) is 2. The molecule has 0 heterocycles. The second kappa shape index (κ2) is 8.31. The molecule has 0 saturated heterocycles. The highest BCUT2D eigenvalue weighted by atomic mass is 35.5. The fraction of sp³-hybridized carbons (Fsp3) is 0.176. The lowest BCUT2D eigenvalue weighted by Gasteiger charge is -2.09. The van der Waals surface area contributed by atoms with Crippen molar-refractivity contribution in [2.24, 2.45) is 0 Å². The topological polar surface area (TPSA) is 64.6 Å². The molecule has 2 aromatic rings. The van der Waals surface area contributed by atoms with Crippen LogP contribution in [0.5, 0.6) is 5.75 Å². The zero-order valence-electron chi connectivity index (χ0n) is 12.8. The van der Waals surface area contributed by atoms with Gasteiger partial charge in [-0.2, -0.15) is 0 Å². The van der Waals surface area contributed by atoms with Crippen LogP contribution in [0.25, 0.3) is 0 Å². The molecule has 0 radical (unpaired) electrons. The maximum atomic E-state index is 12.7. The number of anilines is 1. The zero-order valence-corrected chi connectivity index (χ0v) is 13.6. The number of carbonyl (C=O) groups is 2. The number of nitrogens with one attached hydrogen (secondary N) is 1. The van der Waals surface area contributed by atoms with Crippen LogP contribution in [0, 0.1) is 12.7 Å². The SMILES string of the molecule is Cc1cc(Cl)ccc1NC(=O)COC(=O)COc1ccc(F)cc1. The maximum Gasteiger partial charge on any atom is 0.344 e. The summed E-state index contributed by atoms with van der Waals surface area (Å²) in [6, 6.07) is 10.2. The van der Waals surface area contributed by atoms with Gasteiger partial charge in [0.25, 0.3) is 5.91 Å². The van der Waals surface area contributed by atoms with Gasteiger partial charge in [-0.1, -0.05) is 11.6 Å². The summed E-state index contributed by atoms with van der Waals surface area (Å²) in [5, 5.41) is 3.18. The molecular weight excluding hydrogens is 337 g/mol. The van der Waals surface area contributed by atoms with Gasteiger partial charge in [0.2, 0.25) is 0 Å². The highest BCUT2D eigenvalue weighted by molar-refractivity contribution is 6.30. The first-order valence-electron chi connectivity index (χ1n) is 7.04. The van der Waals surface area contributed by atoms with Crippen LogP contribution < -0.4 is 10.1 Å². The Hall–Kier alpha value is -2.60. The summed E-state index contributed by atoms with van der Waals surface area (Å²) in [5.74, 6) is -1.26. The van der Waals surface area contributed by atoms with E-state index in [1.54, 1.807) is 25.1 Å². The molecule has 0 saturated carbocycles. The molecule has 24 heavy (non-hydrogen) atoms. The lowest BCUT2D eigenvalue weighted by molar-refractivity contribution is -0.149. The summed E-state index contributed by atoms with van der Waals surface area (Å²) >= 11 is 5.83. The van der Waals surface area contributed by atoms with E-state index >= 15 is 0 Å². The van der Waals surface area contributed by atoms with Gasteiger partial charge in [0, 0.05) is 10.7 Å². The molecule has 0 aliphatic carbocycles. The average molecular weight is 352 g/mol. The first-order valence-corrected chi connectivity index (χ1v) is 7.42. The Morgan fingerprint density at radius 1 is 1.12 bits per heavy atom. The molecule has 0 fully saturated rings. The Morgan fingerprint density at radius 3 is 2.50 bits per heavy atom. The normalized spacial score (nSPS) is 10.1. The molecule has 0 bridgehead atoms. The zero-order chi connectivity index (χ0) is 17.5. The third-order valence-electron chi connectivity index (χ3n) is 3.00. The van der Waals surface area contributed by atoms with Crippen molar-refractivity contribution in [3.05, 3.63) is 58.9 Å². The van der Waals surface area contributed by atoms with Crippen molar-refractivity contribution in [1.82, 2.24) is 0 Å². The third kappa shape index (κ3) is 5.55. The van der Waals surface area contributed by atoms with E-state index < -0.39 is 24.3 Å². The van der Waals surface area contributed by atoms with Crippen LogP contribution in [0.15, 0.2) is 42.5 Å². The minimum atomic E-state index is -0.706. The largest absolute Gasteiger partial charge is 0.482 e. The van der Waals surface area contributed by atoms with Crippen LogP contribution in [0.1, 0.15) is 5.56 Å². The number of aryl methyl sites for hydroxylation is 1. The summed E-state index contributed by atoms with van der Waals surface area (Å²) < 4.78 is 22.7. The minimum Gasteiger partial charge on any atom is -0.482 e. The molecule has 0 spiro atoms. The predicted octanol–water partition coefficient (Wildman–Crippen LogP) is 3.35. The molecule has 5 nitrogen and oxygen atoms in total. The highest BCUT2D eigenvalue weighted by Crippen LogP contribution is 2.19. The monoisotopic (exact) mass is 351 g/mol. The van der Waals surface area contributed by atoms with Crippen LogP contribution in [0.4, 0.5) is 10.1 Å². The molecular formula is C17H15ClFNO4. The van der Waals surface area contributed by atoms with E-state index in [2.05, 4.69) is 5.32 Å². The Balaban J connectivity index is 1.74. The van der Waals surface area contributed by atoms with Crippen molar-refractivity contribution in [2.45, 2.75) is 6.92 Å². The van der Waals surface area contributed by atoms with Crippen LogP contribution >= 0.6 is 11.6 Å². The average Bonchev–Trinajstić information content (AvgIpc) is 2.55. The van der Waals surface area contributed by atoms with E-state index in [1.165, 1.54) is 24.3 Å². The van der Waals surface area contributed by atoms with Gasteiger partial charge in [0.05, 0.1) is 0 Å². The quantitative estimate of drug-likeness (QED) is 0.811. The van der Waals surface area contributed by atoms with Gasteiger partial charge in [-0.3, -0.25) is 4.79 Å². The first kappa shape index (κ1) is 17.7. The maximum absolute atomic E-state index is 12.7. The van der Waals surface area contributed by atoms with Gasteiger partial charge in [-0.15, -0.1) is 0 Å². The molecule has 0 unspecified atom stereocenters. The third-order valence-corrected chi connectivity index (χ3v) is 3.23. The number of benzene rings is 2. The van der Waals surface area contributed by atoms with Gasteiger partial charge in [0.1, 0.15) is 11.6 Å². The smallest absolute Gasteiger partial charge is 0.344 e. The summed E-state index contributed by atoms with van der Waals surface area (Å²) in [4.78, 5) is 23.3. The Kier molecular flexibility index (Phi) is 6.14. The number of halogens is 2. The minimum absolute atomic E-state index is 0.328. The second-order valence-corrected chi connectivity index (χ2v) is 5.35. The lowest BCUT2D eigenvalue weighted by atomic mass is 10.2. The van der Waals surface area contributed by atoms with Gasteiger partial charge in [0.15, 0.2) is 13.2 Å². The van der Waals surface area contributed by atoms with E-state index in [-0.39, 0.29) is 6.61 Å². The van der Waals surface area contributed by atoms with Crippen LogP contribution in [0.2, 0.25) is 5.02 Å². The molecule has 0 atom stereocenters. The Labute approximate surface area is 143 Å². The molecule has 0 aromatic heterocycles. The Morgan fingerprint density at radius 2 is 1.83 bits per heavy atom. The second-order valence-electron chi connectivity index (χ2n) is 4.91. The molecule has 0 aliphatic rings. The van der Waals surface area contributed by atoms with Gasteiger partial charge in [-0.05, 0) is 55.0 Å². The van der Waals surface area contributed by atoms with Crippen molar-refractivity contribution >= 4 is 29.2 Å². The summed E-state index contributed by atoms with van der Waals surface area (Å²) in [5.41, 5.74) is 1.38. The predicted molar refractivity (Wildman–Crippen MR) is 87.7 cm³/mol. The summed E-state index contributed by atoms with van der Waals surface area (Å²) in [7, 11) is 0. The number of carbonyl (C=O) groups excluding carboxylic acids is 2. The molecule has 0 aliphatic heterocycles. The number of hydrogen-bond donors (Lipinski definition) is 1. The number of rotatable bonds is 6. The van der Waals surface area contributed by atoms with E-state index in [1.807, 2.05) is 0 Å². The van der Waals surface area contributed by atoms with E-state index in [9.17, 15) is 14.0 Å². The van der Waals surface area contributed by atoms with E-state index in [4.69, 9.17) is 21.1 Å². The van der Waals surface area contributed by atoms with Crippen molar-refractivity contribution in [2.75, 3.05) is 18.5 Å². The Bertz CT molecular complexity index is 734. The lowest BCUT2D eigenvalue weighted by Crippen LogP contribution is -2.24. The van der Waals surface area contributed by atoms with Crippen LogP contribution in [-0.4, -0.2) is 25.1 Å². The van der Waals surface area contributed by atoms with Crippen molar-refractivity contribution in [3.8, 4) is 5.75 Å². The van der Waals surface area contributed by atoms with Crippen molar-refractivity contribution in [3.63, 3.8) is 0 Å². The molecule has 126 valence electrons. The summed E-state index contributed by atoms with van der Waals surface area (Å²) in [6.07, 6.45) is 0. The fourth-order valence-corrected chi connectivity index (χ4v) is 2.04. The molecule has 7 heteroatoms. The van der Waals surface area contributed by atoms with Crippen molar-refractivity contribution in [1.29, 1.82) is 0 Å². The summed E-state index contributed by atoms with van der Waals surface area (Å²) in [6.45, 7) is 0.983. The number of amides is 1. The van der Waals surface area contributed by atoms with E-state index in [0.717, 1.165) is 5.56 Å². The van der Waals surface area contributed by atoms with Gasteiger partial charge in [-0.25, -0.2) is 9.18 Å². The standard InChI is InChI=1S/C17H15ClFNO4/c1-11-8-12(18)2-7-15(11)20-16(21)9-24-17(22)10-23-14-5-3-13(19)4-6-14/h2-8H,9-10H2,1H3,(H,20,21). The van der Waals surface area contributed by atoms with Crippen LogP contribution in [0.3, 0.4) is 0 Å². The van der Waals surface area contributed by atoms with Crippen molar-refractivity contribution < 1.29 is 23.5 Å². The molecule has 2 aromatic carbocycles. The van der Waals surface area contributed by atoms with Crippen LogP contribution in [-0.2, 0) is 14.3 Å². The molecule has 2 rings (SSSR count). The van der Waals surface area contributed by atoms with Gasteiger partial charge >= 0.3 is 5.97 Å².